The number of nitrogens with zero attached hydrogens (tertiary/aromatic N) is 1. The van der Waals surface area contributed by atoms with Crippen LogP contribution >= 0.6 is 17.0 Å². The second kappa shape index (κ2) is 3.40. The Morgan fingerprint density at radius 3 is 2.67 bits per heavy atom. The summed E-state index contributed by atoms with van der Waals surface area (Å²) < 4.78 is 0. The molecule has 50 valence electrons. The number of hydrogen-bond donors (Lipinski definition) is 1. The van der Waals surface area contributed by atoms with Crippen molar-refractivity contribution in [2.45, 2.75) is 6.92 Å². The Hall–Kier alpha value is -0.640. The third kappa shape index (κ3) is 1.97. The molecule has 0 amide bonds. The van der Waals surface area contributed by atoms with E-state index in [0.29, 0.717) is 5.82 Å². The van der Waals surface area contributed by atoms with E-state index >= 15 is 0 Å². The van der Waals surface area contributed by atoms with Gasteiger partial charge in [-0.25, -0.2) is 4.98 Å². The van der Waals surface area contributed by atoms with E-state index in [-0.39, 0.29) is 22.8 Å². The van der Waals surface area contributed by atoms with E-state index in [1.54, 1.807) is 12.4 Å². The number of Topliss-reactive ketones (excluding diaryl/α,β-unsaturated/α-hetero) is 1. The van der Waals surface area contributed by atoms with Crippen LogP contribution in [0.1, 0.15) is 17.5 Å². The van der Waals surface area contributed by atoms with Crippen molar-refractivity contribution >= 4 is 22.8 Å². The summed E-state index contributed by atoms with van der Waals surface area (Å²) in [6.07, 6.45) is 3.17. The summed E-state index contributed by atoms with van der Waals surface area (Å²) in [7, 11) is 0. The number of carbonyl (C=O) groups excluding carboxylic acids is 1. The Labute approximate surface area is 63.3 Å². The number of ketones is 1. The number of H-pyrrole nitrogens is 1. The SMILES string of the molecule is Br.CC(=O)c1ncc[nH]1. The molecule has 0 aliphatic carbocycles. The molecule has 1 heterocycles. The second-order valence-electron chi connectivity index (χ2n) is 1.49. The molecule has 0 aliphatic heterocycles. The van der Waals surface area contributed by atoms with Crippen LogP contribution in [0.3, 0.4) is 0 Å². The molecule has 4 heteroatoms. The van der Waals surface area contributed by atoms with Gasteiger partial charge in [0.15, 0.2) is 11.6 Å². The molecule has 0 saturated heterocycles. The van der Waals surface area contributed by atoms with Gasteiger partial charge in [-0.2, -0.15) is 0 Å². The van der Waals surface area contributed by atoms with Crippen LogP contribution in [0.5, 0.6) is 0 Å². The van der Waals surface area contributed by atoms with Crippen LogP contribution in [0.25, 0.3) is 0 Å². The first-order chi connectivity index (χ1) is 3.80. The fourth-order valence-corrected chi connectivity index (χ4v) is 0.458. The van der Waals surface area contributed by atoms with Crippen LogP contribution in [-0.4, -0.2) is 15.8 Å². The minimum Gasteiger partial charge on any atom is -0.342 e. The molecule has 0 saturated carbocycles. The van der Waals surface area contributed by atoms with Gasteiger partial charge in [-0.3, -0.25) is 4.79 Å². The van der Waals surface area contributed by atoms with Crippen molar-refractivity contribution in [2.24, 2.45) is 0 Å². The quantitative estimate of drug-likeness (QED) is 0.677. The number of aromatic nitrogens is 2. The van der Waals surface area contributed by atoms with Crippen molar-refractivity contribution in [3.05, 3.63) is 18.2 Å². The minimum absolute atomic E-state index is 0. The smallest absolute Gasteiger partial charge is 0.194 e. The van der Waals surface area contributed by atoms with E-state index in [1.807, 2.05) is 0 Å². The monoisotopic (exact) mass is 190 g/mol. The summed E-state index contributed by atoms with van der Waals surface area (Å²) in [5, 5.41) is 0. The number of halogens is 1. The molecular formula is C5H7BrN2O. The van der Waals surface area contributed by atoms with Gasteiger partial charge in [0, 0.05) is 19.3 Å². The summed E-state index contributed by atoms with van der Waals surface area (Å²) in [6.45, 7) is 1.47. The summed E-state index contributed by atoms with van der Waals surface area (Å²) in [5.74, 6) is 0.389. The van der Waals surface area contributed by atoms with E-state index in [2.05, 4.69) is 9.97 Å². The molecular weight excluding hydrogens is 184 g/mol. The molecule has 1 aromatic rings. The maximum atomic E-state index is 10.4. The first-order valence-electron chi connectivity index (χ1n) is 2.31. The highest BCUT2D eigenvalue weighted by Gasteiger charge is 1.96. The third-order valence-corrected chi connectivity index (χ3v) is 0.832. The number of hydrogen-bond acceptors (Lipinski definition) is 2. The second-order valence-corrected chi connectivity index (χ2v) is 1.49. The van der Waals surface area contributed by atoms with E-state index in [1.165, 1.54) is 6.92 Å². The van der Waals surface area contributed by atoms with Gasteiger partial charge in [-0.15, -0.1) is 17.0 Å². The minimum atomic E-state index is -0.0324. The highest BCUT2D eigenvalue weighted by Crippen LogP contribution is 1.86. The van der Waals surface area contributed by atoms with Gasteiger partial charge < -0.3 is 4.98 Å². The fourth-order valence-electron chi connectivity index (χ4n) is 0.458. The molecule has 0 fully saturated rings. The van der Waals surface area contributed by atoms with Gasteiger partial charge in [-0.1, -0.05) is 0 Å². The van der Waals surface area contributed by atoms with E-state index < -0.39 is 0 Å². The van der Waals surface area contributed by atoms with Crippen LogP contribution < -0.4 is 0 Å². The summed E-state index contributed by atoms with van der Waals surface area (Å²) in [5.41, 5.74) is 0. The topological polar surface area (TPSA) is 45.8 Å². The molecule has 1 N–H and O–H groups in total. The van der Waals surface area contributed by atoms with Crippen LogP contribution in [0, 0.1) is 0 Å². The zero-order valence-electron chi connectivity index (χ0n) is 4.92. The molecule has 0 spiro atoms. The lowest BCUT2D eigenvalue weighted by atomic mass is 10.4. The summed E-state index contributed by atoms with van der Waals surface area (Å²) in [6, 6.07) is 0. The van der Waals surface area contributed by atoms with Gasteiger partial charge in [0.1, 0.15) is 0 Å². The highest BCUT2D eigenvalue weighted by atomic mass is 79.9. The Morgan fingerprint density at radius 1 is 1.78 bits per heavy atom. The lowest BCUT2D eigenvalue weighted by Gasteiger charge is -1.80. The fraction of sp³-hybridized carbons (Fsp3) is 0.200. The van der Waals surface area contributed by atoms with Crippen molar-refractivity contribution in [1.29, 1.82) is 0 Å². The van der Waals surface area contributed by atoms with Crippen molar-refractivity contribution in [1.82, 2.24) is 9.97 Å². The lowest BCUT2D eigenvalue weighted by molar-refractivity contribution is 0.100. The maximum absolute atomic E-state index is 10.4. The Kier molecular flexibility index (Phi) is 3.16. The van der Waals surface area contributed by atoms with Crippen molar-refractivity contribution in [3.63, 3.8) is 0 Å². The molecule has 1 rings (SSSR count). The largest absolute Gasteiger partial charge is 0.342 e. The van der Waals surface area contributed by atoms with Gasteiger partial charge >= 0.3 is 0 Å². The van der Waals surface area contributed by atoms with Crippen LogP contribution in [0.2, 0.25) is 0 Å². The Morgan fingerprint density at radius 2 is 2.44 bits per heavy atom. The number of nitrogens with one attached hydrogen (secondary N) is 1. The van der Waals surface area contributed by atoms with Crippen LogP contribution in [0.4, 0.5) is 0 Å². The van der Waals surface area contributed by atoms with E-state index in [9.17, 15) is 4.79 Å². The molecule has 0 atom stereocenters. The van der Waals surface area contributed by atoms with Crippen molar-refractivity contribution in [3.8, 4) is 0 Å². The van der Waals surface area contributed by atoms with Gasteiger partial charge in [0.05, 0.1) is 0 Å². The number of carbonyl (C=O) groups is 1. The Bertz CT molecular complexity index is 183. The predicted molar refractivity (Wildman–Crippen MR) is 38.9 cm³/mol. The number of aromatic amines is 1. The number of rotatable bonds is 1. The molecule has 0 aromatic carbocycles. The summed E-state index contributed by atoms with van der Waals surface area (Å²) >= 11 is 0. The third-order valence-electron chi connectivity index (χ3n) is 0.832. The molecule has 0 bridgehead atoms. The average molecular weight is 191 g/mol. The van der Waals surface area contributed by atoms with E-state index in [0.717, 1.165) is 0 Å². The van der Waals surface area contributed by atoms with E-state index in [4.69, 9.17) is 0 Å². The number of imidazole rings is 1. The maximum Gasteiger partial charge on any atom is 0.194 e. The molecule has 0 aliphatic rings. The average Bonchev–Trinajstić information content (AvgIpc) is 2.12. The lowest BCUT2D eigenvalue weighted by Crippen LogP contribution is -1.92. The molecule has 9 heavy (non-hydrogen) atoms. The zero-order valence-corrected chi connectivity index (χ0v) is 6.63. The Balaban J connectivity index is 0.000000640. The van der Waals surface area contributed by atoms with Crippen LogP contribution in [0.15, 0.2) is 12.4 Å². The van der Waals surface area contributed by atoms with Crippen LogP contribution in [-0.2, 0) is 0 Å². The van der Waals surface area contributed by atoms with Gasteiger partial charge in [0.25, 0.3) is 0 Å². The van der Waals surface area contributed by atoms with Gasteiger partial charge in [-0.05, 0) is 0 Å². The summed E-state index contributed by atoms with van der Waals surface area (Å²) in [4.78, 5) is 16.8. The molecule has 3 nitrogen and oxygen atoms in total. The normalized spacial score (nSPS) is 8.11. The molecule has 1 aromatic heterocycles. The van der Waals surface area contributed by atoms with Gasteiger partial charge in [0.2, 0.25) is 0 Å². The molecule has 0 unspecified atom stereocenters. The standard InChI is InChI=1S/C5H6N2O.BrH/c1-4(8)5-6-2-3-7-5;/h2-3H,1H3,(H,6,7);1H. The first kappa shape index (κ1) is 8.36. The molecule has 0 radical (unpaired) electrons. The predicted octanol–water partition coefficient (Wildman–Crippen LogP) is 1.19. The zero-order chi connectivity index (χ0) is 5.98. The van der Waals surface area contributed by atoms with Crippen molar-refractivity contribution < 1.29 is 4.79 Å². The van der Waals surface area contributed by atoms with Crippen molar-refractivity contribution in [2.75, 3.05) is 0 Å². The first-order valence-corrected chi connectivity index (χ1v) is 2.31. The highest BCUT2D eigenvalue weighted by molar-refractivity contribution is 8.93.